The number of phenols is 1. The van der Waals surface area contributed by atoms with Gasteiger partial charge in [-0.2, -0.15) is 0 Å². The van der Waals surface area contributed by atoms with Crippen molar-refractivity contribution in [2.75, 3.05) is 6.26 Å². The molecule has 0 aliphatic heterocycles. The van der Waals surface area contributed by atoms with Gasteiger partial charge in [0.2, 0.25) is 0 Å². The van der Waals surface area contributed by atoms with E-state index in [1.807, 2.05) is 12.1 Å². The molecule has 2 nitrogen and oxygen atoms in total. The van der Waals surface area contributed by atoms with Gasteiger partial charge in [-0.15, -0.1) is 11.8 Å². The van der Waals surface area contributed by atoms with E-state index in [1.165, 1.54) is 10.5 Å². The molecule has 2 aromatic carbocycles. The molecule has 0 amide bonds. The fraction of sp³-hybridized carbons (Fsp3) is 0.294. The van der Waals surface area contributed by atoms with Crippen LogP contribution >= 0.6 is 11.8 Å². The second-order valence-corrected chi connectivity index (χ2v) is 5.86. The molecule has 3 heteroatoms. The molecule has 0 saturated carbocycles. The fourth-order valence-electron chi connectivity index (χ4n) is 2.25. The SMILES string of the molecule is CSc1ccc(C(C)NC(C)c2cccc(O)c2)cc1. The van der Waals surface area contributed by atoms with Crippen LogP contribution in [0, 0.1) is 0 Å². The molecule has 20 heavy (non-hydrogen) atoms. The van der Waals surface area contributed by atoms with Crippen LogP contribution < -0.4 is 5.32 Å². The molecular formula is C17H21NOS. The number of phenolic OH excluding ortho intramolecular Hbond substituents is 1. The van der Waals surface area contributed by atoms with Crippen LogP contribution in [0.25, 0.3) is 0 Å². The molecule has 2 rings (SSSR count). The predicted octanol–water partition coefficient (Wildman–Crippen LogP) is 4.53. The Hall–Kier alpha value is -1.45. The first-order chi connectivity index (χ1) is 9.60. The molecule has 0 heterocycles. The van der Waals surface area contributed by atoms with Crippen molar-refractivity contribution in [2.45, 2.75) is 30.8 Å². The van der Waals surface area contributed by atoms with Gasteiger partial charge in [-0.05, 0) is 55.5 Å². The molecule has 0 fully saturated rings. The molecular weight excluding hydrogens is 266 g/mol. The molecule has 0 aliphatic carbocycles. The second kappa shape index (κ2) is 6.82. The summed E-state index contributed by atoms with van der Waals surface area (Å²) < 4.78 is 0. The largest absolute Gasteiger partial charge is 0.508 e. The highest BCUT2D eigenvalue weighted by atomic mass is 32.2. The average Bonchev–Trinajstić information content (AvgIpc) is 2.47. The maximum absolute atomic E-state index is 9.54. The quantitative estimate of drug-likeness (QED) is 0.793. The van der Waals surface area contributed by atoms with E-state index in [4.69, 9.17) is 0 Å². The standard InChI is InChI=1S/C17H21NOS/c1-12(14-7-9-17(20-3)10-8-14)18-13(2)15-5-4-6-16(19)11-15/h4-13,18-19H,1-3H3. The fourth-order valence-corrected chi connectivity index (χ4v) is 2.66. The summed E-state index contributed by atoms with van der Waals surface area (Å²) in [5.74, 6) is 0.313. The molecule has 2 unspecified atom stereocenters. The first-order valence-corrected chi connectivity index (χ1v) is 8.01. The maximum Gasteiger partial charge on any atom is 0.115 e. The van der Waals surface area contributed by atoms with Crippen LogP contribution in [-0.4, -0.2) is 11.4 Å². The van der Waals surface area contributed by atoms with E-state index in [0.29, 0.717) is 5.75 Å². The molecule has 106 valence electrons. The zero-order chi connectivity index (χ0) is 14.5. The number of aromatic hydroxyl groups is 1. The lowest BCUT2D eigenvalue weighted by Gasteiger charge is -2.21. The molecule has 0 aromatic heterocycles. The topological polar surface area (TPSA) is 32.3 Å². The third-order valence-electron chi connectivity index (χ3n) is 3.49. The molecule has 0 saturated heterocycles. The Kier molecular flexibility index (Phi) is 5.10. The van der Waals surface area contributed by atoms with E-state index >= 15 is 0 Å². The van der Waals surface area contributed by atoms with Gasteiger partial charge in [0.15, 0.2) is 0 Å². The Bertz CT molecular complexity index is 553. The lowest BCUT2D eigenvalue weighted by atomic mass is 10.0. The van der Waals surface area contributed by atoms with Crippen molar-refractivity contribution in [2.24, 2.45) is 0 Å². The molecule has 0 radical (unpaired) electrons. The lowest BCUT2D eigenvalue weighted by Crippen LogP contribution is -2.22. The zero-order valence-corrected chi connectivity index (χ0v) is 12.9. The summed E-state index contributed by atoms with van der Waals surface area (Å²) in [6.45, 7) is 4.27. The van der Waals surface area contributed by atoms with Crippen LogP contribution in [0.2, 0.25) is 0 Å². The van der Waals surface area contributed by atoms with Crippen LogP contribution in [0.4, 0.5) is 0 Å². The Morgan fingerprint density at radius 2 is 1.60 bits per heavy atom. The monoisotopic (exact) mass is 287 g/mol. The number of hydrogen-bond acceptors (Lipinski definition) is 3. The average molecular weight is 287 g/mol. The molecule has 2 atom stereocenters. The van der Waals surface area contributed by atoms with Crippen molar-refractivity contribution < 1.29 is 5.11 Å². The first-order valence-electron chi connectivity index (χ1n) is 6.79. The third kappa shape index (κ3) is 3.78. The Morgan fingerprint density at radius 3 is 2.20 bits per heavy atom. The van der Waals surface area contributed by atoms with Gasteiger partial charge >= 0.3 is 0 Å². The van der Waals surface area contributed by atoms with Gasteiger partial charge in [-0.3, -0.25) is 0 Å². The Morgan fingerprint density at radius 1 is 0.950 bits per heavy atom. The van der Waals surface area contributed by atoms with Crippen LogP contribution in [-0.2, 0) is 0 Å². The Balaban J connectivity index is 2.04. The summed E-state index contributed by atoms with van der Waals surface area (Å²) in [5, 5.41) is 13.1. The van der Waals surface area contributed by atoms with Gasteiger partial charge in [0.1, 0.15) is 5.75 Å². The van der Waals surface area contributed by atoms with E-state index in [1.54, 1.807) is 23.9 Å². The van der Waals surface area contributed by atoms with Gasteiger partial charge < -0.3 is 10.4 Å². The minimum atomic E-state index is 0.192. The van der Waals surface area contributed by atoms with Crippen LogP contribution in [0.3, 0.4) is 0 Å². The van der Waals surface area contributed by atoms with Gasteiger partial charge in [-0.25, -0.2) is 0 Å². The summed E-state index contributed by atoms with van der Waals surface area (Å²) in [7, 11) is 0. The summed E-state index contributed by atoms with van der Waals surface area (Å²) in [4.78, 5) is 1.28. The van der Waals surface area contributed by atoms with E-state index in [2.05, 4.69) is 49.7 Å². The lowest BCUT2D eigenvalue weighted by molar-refractivity contribution is 0.466. The molecule has 0 aliphatic rings. The minimum Gasteiger partial charge on any atom is -0.508 e. The highest BCUT2D eigenvalue weighted by Crippen LogP contribution is 2.23. The number of rotatable bonds is 5. The smallest absolute Gasteiger partial charge is 0.115 e. The van der Waals surface area contributed by atoms with Crippen molar-refractivity contribution in [1.82, 2.24) is 5.32 Å². The summed E-state index contributed by atoms with van der Waals surface area (Å²) >= 11 is 1.75. The van der Waals surface area contributed by atoms with Crippen molar-refractivity contribution in [3.63, 3.8) is 0 Å². The number of nitrogens with one attached hydrogen (secondary N) is 1. The van der Waals surface area contributed by atoms with Gasteiger partial charge in [0, 0.05) is 17.0 Å². The highest BCUT2D eigenvalue weighted by Gasteiger charge is 2.11. The Labute approximate surface area is 125 Å². The maximum atomic E-state index is 9.54. The zero-order valence-electron chi connectivity index (χ0n) is 12.1. The predicted molar refractivity (Wildman–Crippen MR) is 86.3 cm³/mol. The molecule has 2 aromatic rings. The van der Waals surface area contributed by atoms with Gasteiger partial charge in [0.05, 0.1) is 0 Å². The third-order valence-corrected chi connectivity index (χ3v) is 4.23. The van der Waals surface area contributed by atoms with Gasteiger partial charge in [-0.1, -0.05) is 24.3 Å². The summed E-state index contributed by atoms with van der Waals surface area (Å²) in [5.41, 5.74) is 2.37. The summed E-state index contributed by atoms with van der Waals surface area (Å²) in [6.07, 6.45) is 2.08. The summed E-state index contributed by atoms with van der Waals surface area (Å²) in [6, 6.07) is 16.5. The molecule has 0 spiro atoms. The van der Waals surface area contributed by atoms with Crippen molar-refractivity contribution in [3.8, 4) is 5.75 Å². The van der Waals surface area contributed by atoms with Crippen LogP contribution in [0.15, 0.2) is 53.4 Å². The van der Waals surface area contributed by atoms with E-state index in [-0.39, 0.29) is 12.1 Å². The van der Waals surface area contributed by atoms with E-state index in [0.717, 1.165) is 5.56 Å². The second-order valence-electron chi connectivity index (χ2n) is 4.98. The van der Waals surface area contributed by atoms with E-state index in [9.17, 15) is 5.11 Å². The van der Waals surface area contributed by atoms with E-state index < -0.39 is 0 Å². The van der Waals surface area contributed by atoms with Crippen LogP contribution in [0.5, 0.6) is 5.75 Å². The normalized spacial score (nSPS) is 13.9. The van der Waals surface area contributed by atoms with Crippen molar-refractivity contribution in [1.29, 1.82) is 0 Å². The number of hydrogen-bond donors (Lipinski definition) is 2. The number of thioether (sulfide) groups is 1. The van der Waals surface area contributed by atoms with Crippen molar-refractivity contribution in [3.05, 3.63) is 59.7 Å². The highest BCUT2D eigenvalue weighted by molar-refractivity contribution is 7.98. The molecule has 2 N–H and O–H groups in total. The van der Waals surface area contributed by atoms with Gasteiger partial charge in [0.25, 0.3) is 0 Å². The minimum absolute atomic E-state index is 0.192. The first kappa shape index (κ1) is 14.9. The molecule has 0 bridgehead atoms. The van der Waals surface area contributed by atoms with Crippen LogP contribution in [0.1, 0.15) is 37.1 Å². The number of benzene rings is 2. The van der Waals surface area contributed by atoms with Crippen molar-refractivity contribution >= 4 is 11.8 Å².